The second kappa shape index (κ2) is 4.39. The number of carbonyl (C=O) groups excluding carboxylic acids is 2. The van der Waals surface area contributed by atoms with Gasteiger partial charge in [0.15, 0.2) is 0 Å². The van der Waals surface area contributed by atoms with Crippen molar-refractivity contribution < 1.29 is 9.59 Å². The van der Waals surface area contributed by atoms with Crippen molar-refractivity contribution in [2.24, 2.45) is 11.5 Å². The van der Waals surface area contributed by atoms with Crippen LogP contribution < -0.4 is 11.5 Å². The molecule has 0 radical (unpaired) electrons. The summed E-state index contributed by atoms with van der Waals surface area (Å²) in [6.45, 7) is 0. The van der Waals surface area contributed by atoms with Gasteiger partial charge in [-0.05, 0) is 5.92 Å². The maximum absolute atomic E-state index is 10.1. The summed E-state index contributed by atoms with van der Waals surface area (Å²) < 4.78 is 0. The van der Waals surface area contributed by atoms with Gasteiger partial charge in [0.1, 0.15) is 0 Å². The Labute approximate surface area is 58.6 Å². The van der Waals surface area contributed by atoms with Crippen LogP contribution in [0.15, 0.2) is 0 Å². The topological polar surface area (TPSA) is 86.2 Å². The van der Waals surface area contributed by atoms with Crippen LogP contribution in [0.1, 0.15) is 12.8 Å². The molecule has 2 amide bonds. The van der Waals surface area contributed by atoms with E-state index in [1.165, 1.54) is 0 Å². The fraction of sp³-hybridized carbons (Fsp3) is 0.333. The Balaban J connectivity index is 3.48. The number of nitrogens with two attached hydrogens (primary N) is 2. The lowest BCUT2D eigenvalue weighted by molar-refractivity contribution is -0.118. The minimum Gasteiger partial charge on any atom is -0.370 e. The molecular weight excluding hydrogens is 132 g/mol. The lowest BCUT2D eigenvalue weighted by Crippen LogP contribution is -2.09. The highest BCUT2D eigenvalue weighted by atomic mass is 16.1. The molecule has 0 aliphatic heterocycles. The molecule has 0 aliphatic carbocycles. The zero-order valence-corrected chi connectivity index (χ0v) is 5.39. The number of primary amides is 2. The molecule has 0 rings (SSSR count). The monoisotopic (exact) mass is 140 g/mol. The quantitative estimate of drug-likeness (QED) is 0.469. The van der Waals surface area contributed by atoms with Crippen molar-refractivity contribution >= 4 is 11.8 Å². The van der Waals surface area contributed by atoms with E-state index in [1.807, 2.05) is 0 Å². The Morgan fingerprint density at radius 2 is 1.90 bits per heavy atom. The van der Waals surface area contributed by atoms with E-state index in [0.717, 1.165) is 0 Å². The lowest BCUT2D eigenvalue weighted by atomic mass is 10.3. The number of amides is 2. The maximum atomic E-state index is 10.1. The molecule has 0 aromatic carbocycles. The van der Waals surface area contributed by atoms with Crippen LogP contribution >= 0.6 is 0 Å². The van der Waals surface area contributed by atoms with Crippen molar-refractivity contribution in [2.45, 2.75) is 12.8 Å². The minimum absolute atomic E-state index is 0.167. The second-order valence-corrected chi connectivity index (χ2v) is 1.63. The highest BCUT2D eigenvalue weighted by molar-refractivity contribution is 5.91. The predicted octanol–water partition coefficient (Wildman–Crippen LogP) is -1.26. The summed E-state index contributed by atoms with van der Waals surface area (Å²) in [5.74, 6) is 3.35. The van der Waals surface area contributed by atoms with Crippen molar-refractivity contribution in [1.82, 2.24) is 0 Å². The van der Waals surface area contributed by atoms with Crippen LogP contribution in [0.25, 0.3) is 0 Å². The van der Waals surface area contributed by atoms with Crippen molar-refractivity contribution in [3.05, 3.63) is 0 Å². The molecule has 0 unspecified atom stereocenters. The summed E-state index contributed by atoms with van der Waals surface area (Å²) in [5.41, 5.74) is 9.47. The summed E-state index contributed by atoms with van der Waals surface area (Å²) >= 11 is 0. The van der Waals surface area contributed by atoms with E-state index in [4.69, 9.17) is 5.73 Å². The van der Waals surface area contributed by atoms with Crippen LogP contribution in [0.2, 0.25) is 0 Å². The van der Waals surface area contributed by atoms with Crippen LogP contribution in [0, 0.1) is 11.8 Å². The summed E-state index contributed by atoms with van der Waals surface area (Å²) in [5, 5.41) is 0. The number of rotatable bonds is 2. The van der Waals surface area contributed by atoms with E-state index < -0.39 is 11.8 Å². The first kappa shape index (κ1) is 8.50. The Kier molecular flexibility index (Phi) is 3.73. The van der Waals surface area contributed by atoms with Crippen LogP contribution in [0.3, 0.4) is 0 Å². The van der Waals surface area contributed by atoms with Crippen LogP contribution in [0.5, 0.6) is 0 Å². The van der Waals surface area contributed by atoms with Gasteiger partial charge in [-0.1, -0.05) is 5.92 Å². The van der Waals surface area contributed by atoms with E-state index in [2.05, 4.69) is 17.6 Å². The Morgan fingerprint density at radius 1 is 1.30 bits per heavy atom. The smallest absolute Gasteiger partial charge is 0.293 e. The molecule has 0 aliphatic rings. The van der Waals surface area contributed by atoms with Crippen molar-refractivity contribution in [2.75, 3.05) is 0 Å². The van der Waals surface area contributed by atoms with Gasteiger partial charge in [0.2, 0.25) is 5.91 Å². The molecule has 54 valence electrons. The van der Waals surface area contributed by atoms with Gasteiger partial charge in [-0.3, -0.25) is 9.59 Å². The Hall–Kier alpha value is -1.50. The van der Waals surface area contributed by atoms with Crippen molar-refractivity contribution in [3.63, 3.8) is 0 Å². The van der Waals surface area contributed by atoms with Gasteiger partial charge < -0.3 is 11.5 Å². The first-order valence-corrected chi connectivity index (χ1v) is 2.69. The third-order valence-electron chi connectivity index (χ3n) is 0.708. The number of hydrogen-bond acceptors (Lipinski definition) is 2. The zero-order chi connectivity index (χ0) is 7.98. The highest BCUT2D eigenvalue weighted by Gasteiger charge is 1.88. The van der Waals surface area contributed by atoms with Gasteiger partial charge in [-0.25, -0.2) is 0 Å². The molecule has 0 aromatic heterocycles. The number of carbonyl (C=O) groups is 2. The summed E-state index contributed by atoms with van der Waals surface area (Å²) in [6, 6.07) is 0. The standard InChI is InChI=1S/C6H8N2O2/c7-5(9)3-1-2-4-6(8)10/h1,3H2,(H2,7,9)(H2,8,10). The zero-order valence-electron chi connectivity index (χ0n) is 5.39. The molecule has 4 N–H and O–H groups in total. The molecule has 0 fully saturated rings. The summed E-state index contributed by atoms with van der Waals surface area (Å²) in [6.07, 6.45) is 0.457. The molecule has 0 saturated heterocycles. The molecule has 10 heavy (non-hydrogen) atoms. The predicted molar refractivity (Wildman–Crippen MR) is 35.4 cm³/mol. The van der Waals surface area contributed by atoms with Crippen molar-refractivity contribution in [3.8, 4) is 11.8 Å². The molecule has 0 spiro atoms. The molecule has 4 heteroatoms. The molecule has 0 aromatic rings. The SMILES string of the molecule is NC(=O)C#CCCC(N)=O. The van der Waals surface area contributed by atoms with E-state index in [0.29, 0.717) is 0 Å². The van der Waals surface area contributed by atoms with Gasteiger partial charge >= 0.3 is 0 Å². The Bertz CT molecular complexity index is 200. The molecule has 0 bridgehead atoms. The molecule has 0 saturated carbocycles. The third kappa shape index (κ3) is 6.50. The summed E-state index contributed by atoms with van der Waals surface area (Å²) in [7, 11) is 0. The van der Waals surface area contributed by atoms with Gasteiger partial charge in [0, 0.05) is 12.8 Å². The first-order valence-electron chi connectivity index (χ1n) is 2.69. The normalized spacial score (nSPS) is 7.60. The van der Waals surface area contributed by atoms with Gasteiger partial charge in [0.05, 0.1) is 0 Å². The maximum Gasteiger partial charge on any atom is 0.293 e. The van der Waals surface area contributed by atoms with E-state index in [9.17, 15) is 9.59 Å². The first-order chi connectivity index (χ1) is 4.63. The third-order valence-corrected chi connectivity index (χ3v) is 0.708. The Morgan fingerprint density at radius 3 is 2.30 bits per heavy atom. The second-order valence-electron chi connectivity index (χ2n) is 1.63. The molecule has 4 nitrogen and oxygen atoms in total. The van der Waals surface area contributed by atoms with Crippen LogP contribution in [-0.2, 0) is 9.59 Å². The van der Waals surface area contributed by atoms with Crippen LogP contribution in [0.4, 0.5) is 0 Å². The molecule has 0 heterocycles. The molecule has 0 atom stereocenters. The van der Waals surface area contributed by atoms with Crippen molar-refractivity contribution in [1.29, 1.82) is 0 Å². The van der Waals surface area contributed by atoms with Gasteiger partial charge in [0.25, 0.3) is 5.91 Å². The number of hydrogen-bond donors (Lipinski definition) is 2. The summed E-state index contributed by atoms with van der Waals surface area (Å²) in [4.78, 5) is 20.1. The highest BCUT2D eigenvalue weighted by Crippen LogP contribution is 1.82. The lowest BCUT2D eigenvalue weighted by Gasteiger charge is -1.82. The van der Waals surface area contributed by atoms with E-state index in [-0.39, 0.29) is 12.8 Å². The fourth-order valence-electron chi connectivity index (χ4n) is 0.335. The van der Waals surface area contributed by atoms with Gasteiger partial charge in [-0.15, -0.1) is 0 Å². The van der Waals surface area contributed by atoms with E-state index >= 15 is 0 Å². The molecular formula is C6H8N2O2. The largest absolute Gasteiger partial charge is 0.370 e. The average Bonchev–Trinajstić information content (AvgIpc) is 1.79. The average molecular weight is 140 g/mol. The fourth-order valence-corrected chi connectivity index (χ4v) is 0.335. The van der Waals surface area contributed by atoms with E-state index in [1.54, 1.807) is 0 Å². The van der Waals surface area contributed by atoms with Gasteiger partial charge in [-0.2, -0.15) is 0 Å². The van der Waals surface area contributed by atoms with Crippen LogP contribution in [-0.4, -0.2) is 11.8 Å². The minimum atomic E-state index is -0.690.